The number of thioether (sulfide) groups is 1. The number of nitrogens with one attached hydrogen (secondary N) is 1. The molecule has 4 rings (SSSR count). The minimum Gasteiger partial charge on any atom is -0.486 e. The van der Waals surface area contributed by atoms with Crippen LogP contribution >= 0.6 is 11.8 Å². The summed E-state index contributed by atoms with van der Waals surface area (Å²) in [5.74, 6) is 1.75. The normalized spacial score (nSPS) is 18.0. The number of ether oxygens (including phenoxy) is 2. The van der Waals surface area contributed by atoms with Crippen molar-refractivity contribution < 1.29 is 19.1 Å². The summed E-state index contributed by atoms with van der Waals surface area (Å²) in [5, 5.41) is 2.87. The van der Waals surface area contributed by atoms with E-state index in [4.69, 9.17) is 9.47 Å². The summed E-state index contributed by atoms with van der Waals surface area (Å²) < 4.78 is 11.5. The van der Waals surface area contributed by atoms with Crippen LogP contribution in [0.15, 0.2) is 53.4 Å². The maximum Gasteiger partial charge on any atom is 0.237 e. The van der Waals surface area contributed by atoms with Gasteiger partial charge in [0.1, 0.15) is 12.7 Å². The van der Waals surface area contributed by atoms with Crippen LogP contribution < -0.4 is 19.7 Å². The number of carbonyl (C=O) groups excluding carboxylic acids is 2. The Hall–Kier alpha value is -2.67. The molecule has 0 fully saturated rings. The summed E-state index contributed by atoms with van der Waals surface area (Å²) in [6.07, 6.45) is 0.0205. The standard InChI is InChI=1S/C20H20N2O4S/c23-19(21-11-14-12-25-16-6-2-3-7-17(16)26-14)9-10-22-15-5-1-4-8-18(15)27-13-20(22)24/h1-8,14H,9-13H2,(H,21,23). The topological polar surface area (TPSA) is 67.9 Å². The molecule has 140 valence electrons. The van der Waals surface area contributed by atoms with E-state index in [-0.39, 0.29) is 24.3 Å². The van der Waals surface area contributed by atoms with Gasteiger partial charge in [-0.1, -0.05) is 24.3 Å². The fourth-order valence-electron chi connectivity index (χ4n) is 3.09. The third-order valence-corrected chi connectivity index (χ3v) is 5.51. The predicted octanol–water partition coefficient (Wildman–Crippen LogP) is 2.47. The number of hydrogen-bond acceptors (Lipinski definition) is 5. The van der Waals surface area contributed by atoms with Gasteiger partial charge in [0, 0.05) is 17.9 Å². The number of carbonyl (C=O) groups is 2. The molecule has 0 radical (unpaired) electrons. The fourth-order valence-corrected chi connectivity index (χ4v) is 4.03. The molecule has 2 amide bonds. The van der Waals surface area contributed by atoms with Crippen LogP contribution in [0.25, 0.3) is 0 Å². The number of nitrogens with zero attached hydrogens (tertiary/aromatic N) is 1. The van der Waals surface area contributed by atoms with Gasteiger partial charge in [-0.2, -0.15) is 0 Å². The molecule has 27 heavy (non-hydrogen) atoms. The van der Waals surface area contributed by atoms with Crippen molar-refractivity contribution in [2.75, 3.05) is 30.3 Å². The minimum absolute atomic E-state index is 0.0344. The summed E-state index contributed by atoms with van der Waals surface area (Å²) in [4.78, 5) is 27.2. The highest BCUT2D eigenvalue weighted by Crippen LogP contribution is 2.35. The van der Waals surface area contributed by atoms with Crippen LogP contribution in [0, 0.1) is 0 Å². The summed E-state index contributed by atoms with van der Waals surface area (Å²) in [7, 11) is 0. The Morgan fingerprint density at radius 2 is 1.93 bits per heavy atom. The molecule has 1 N–H and O–H groups in total. The van der Waals surface area contributed by atoms with Gasteiger partial charge in [0.05, 0.1) is 18.0 Å². The van der Waals surface area contributed by atoms with Gasteiger partial charge < -0.3 is 19.7 Å². The zero-order valence-corrected chi connectivity index (χ0v) is 15.5. The molecule has 2 aliphatic heterocycles. The van der Waals surface area contributed by atoms with Gasteiger partial charge in [0.25, 0.3) is 0 Å². The average Bonchev–Trinajstić information content (AvgIpc) is 2.71. The molecule has 0 saturated carbocycles. The maximum absolute atomic E-state index is 12.2. The second-order valence-corrected chi connectivity index (χ2v) is 7.37. The van der Waals surface area contributed by atoms with Crippen molar-refractivity contribution in [3.05, 3.63) is 48.5 Å². The van der Waals surface area contributed by atoms with Crippen LogP contribution in [0.3, 0.4) is 0 Å². The molecular weight excluding hydrogens is 364 g/mol. The smallest absolute Gasteiger partial charge is 0.237 e. The molecule has 7 heteroatoms. The maximum atomic E-state index is 12.2. The Bertz CT molecular complexity index is 857. The Kier molecular flexibility index (Phi) is 5.20. The van der Waals surface area contributed by atoms with Crippen molar-refractivity contribution in [3.63, 3.8) is 0 Å². The van der Waals surface area contributed by atoms with E-state index in [1.54, 1.807) is 4.90 Å². The zero-order chi connectivity index (χ0) is 18.6. The van der Waals surface area contributed by atoms with Crippen LogP contribution in [0.1, 0.15) is 6.42 Å². The van der Waals surface area contributed by atoms with E-state index in [2.05, 4.69) is 5.32 Å². The van der Waals surface area contributed by atoms with E-state index in [1.165, 1.54) is 11.8 Å². The lowest BCUT2D eigenvalue weighted by molar-refractivity contribution is -0.121. The summed E-state index contributed by atoms with van der Waals surface area (Å²) in [6, 6.07) is 15.3. The van der Waals surface area contributed by atoms with Gasteiger partial charge in [-0.15, -0.1) is 11.8 Å². The van der Waals surface area contributed by atoms with Crippen LogP contribution in [-0.2, 0) is 9.59 Å². The zero-order valence-electron chi connectivity index (χ0n) is 14.7. The Labute approximate surface area is 161 Å². The summed E-state index contributed by atoms with van der Waals surface area (Å²) >= 11 is 1.54. The van der Waals surface area contributed by atoms with Gasteiger partial charge in [0.2, 0.25) is 11.8 Å². The second kappa shape index (κ2) is 7.92. The Morgan fingerprint density at radius 1 is 1.15 bits per heavy atom. The molecule has 2 heterocycles. The molecule has 0 bridgehead atoms. The van der Waals surface area contributed by atoms with E-state index in [1.807, 2.05) is 48.5 Å². The van der Waals surface area contributed by atoms with Gasteiger partial charge >= 0.3 is 0 Å². The average molecular weight is 384 g/mol. The van der Waals surface area contributed by atoms with E-state index >= 15 is 0 Å². The summed E-state index contributed by atoms with van der Waals surface area (Å²) in [6.45, 7) is 1.13. The summed E-state index contributed by atoms with van der Waals surface area (Å²) in [5.41, 5.74) is 0.882. The van der Waals surface area contributed by atoms with Gasteiger partial charge in [-0.05, 0) is 24.3 Å². The molecule has 6 nitrogen and oxygen atoms in total. The van der Waals surface area contributed by atoms with Crippen LogP contribution in [0.2, 0.25) is 0 Å². The number of amides is 2. The molecule has 2 aliphatic rings. The van der Waals surface area contributed by atoms with Crippen molar-refractivity contribution in [2.45, 2.75) is 17.4 Å². The lowest BCUT2D eigenvalue weighted by Gasteiger charge is -2.29. The van der Waals surface area contributed by atoms with Gasteiger partial charge in [0.15, 0.2) is 11.5 Å². The largest absolute Gasteiger partial charge is 0.486 e. The molecule has 1 atom stereocenters. The number of rotatable bonds is 5. The van der Waals surface area contributed by atoms with E-state index in [0.29, 0.717) is 31.2 Å². The number of hydrogen-bond donors (Lipinski definition) is 1. The highest BCUT2D eigenvalue weighted by Gasteiger charge is 2.25. The molecule has 2 aromatic carbocycles. The predicted molar refractivity (Wildman–Crippen MR) is 103 cm³/mol. The molecule has 0 saturated heterocycles. The second-order valence-electron chi connectivity index (χ2n) is 6.35. The van der Waals surface area contributed by atoms with Crippen LogP contribution in [0.5, 0.6) is 11.5 Å². The number of para-hydroxylation sites is 3. The molecule has 1 unspecified atom stereocenters. The highest BCUT2D eigenvalue weighted by atomic mass is 32.2. The quantitative estimate of drug-likeness (QED) is 0.858. The molecular formula is C20H20N2O4S. The Balaban J connectivity index is 1.28. The monoisotopic (exact) mass is 384 g/mol. The first-order chi connectivity index (χ1) is 13.2. The number of anilines is 1. The molecule has 0 aliphatic carbocycles. The molecule has 0 aromatic heterocycles. The van der Waals surface area contributed by atoms with Crippen molar-refractivity contribution >= 4 is 29.3 Å². The van der Waals surface area contributed by atoms with Crippen LogP contribution in [0.4, 0.5) is 5.69 Å². The van der Waals surface area contributed by atoms with Gasteiger partial charge in [-0.3, -0.25) is 9.59 Å². The van der Waals surface area contributed by atoms with E-state index in [9.17, 15) is 9.59 Å². The van der Waals surface area contributed by atoms with Gasteiger partial charge in [-0.25, -0.2) is 0 Å². The Morgan fingerprint density at radius 3 is 2.81 bits per heavy atom. The molecule has 0 spiro atoms. The first kappa shape index (κ1) is 17.7. The lowest BCUT2D eigenvalue weighted by atomic mass is 10.2. The number of benzene rings is 2. The van der Waals surface area contributed by atoms with Crippen molar-refractivity contribution in [1.29, 1.82) is 0 Å². The van der Waals surface area contributed by atoms with E-state index < -0.39 is 0 Å². The van der Waals surface area contributed by atoms with Crippen LogP contribution in [-0.4, -0.2) is 43.4 Å². The SMILES string of the molecule is O=C(CCN1C(=O)CSc2ccccc21)NCC1COc2ccccc2O1. The first-order valence-electron chi connectivity index (χ1n) is 8.88. The highest BCUT2D eigenvalue weighted by molar-refractivity contribution is 8.00. The van der Waals surface area contributed by atoms with E-state index in [0.717, 1.165) is 16.3 Å². The third-order valence-electron chi connectivity index (χ3n) is 4.47. The third kappa shape index (κ3) is 4.03. The van der Waals surface area contributed by atoms with Crippen molar-refractivity contribution in [2.24, 2.45) is 0 Å². The van der Waals surface area contributed by atoms with Crippen molar-refractivity contribution in [1.82, 2.24) is 5.32 Å². The minimum atomic E-state index is -0.224. The molecule has 2 aromatic rings. The fraction of sp³-hybridized carbons (Fsp3) is 0.300. The first-order valence-corrected chi connectivity index (χ1v) is 9.86. The lowest BCUT2D eigenvalue weighted by Crippen LogP contribution is -2.42. The van der Waals surface area contributed by atoms with Crippen molar-refractivity contribution in [3.8, 4) is 11.5 Å². The number of fused-ring (bicyclic) bond motifs is 2.